The van der Waals surface area contributed by atoms with E-state index in [4.69, 9.17) is 39.6 Å². The number of aryl methyl sites for hydroxylation is 1. The Bertz CT molecular complexity index is 1690. The summed E-state index contributed by atoms with van der Waals surface area (Å²) in [6, 6.07) is 13.2. The molecule has 3 heterocycles. The lowest BCUT2D eigenvalue weighted by Crippen LogP contribution is -2.56. The van der Waals surface area contributed by atoms with Crippen molar-refractivity contribution in [3.05, 3.63) is 65.5 Å². The van der Waals surface area contributed by atoms with Gasteiger partial charge in [0.15, 0.2) is 0 Å². The number of ether oxygens (including phenoxy) is 1. The van der Waals surface area contributed by atoms with Crippen LogP contribution in [0.1, 0.15) is 40.9 Å². The van der Waals surface area contributed by atoms with Crippen molar-refractivity contribution >= 4 is 40.6 Å². The molecule has 2 amide bonds. The fourth-order valence-corrected chi connectivity index (χ4v) is 4.18. The zero-order valence-electron chi connectivity index (χ0n) is 27.4. The van der Waals surface area contributed by atoms with Crippen molar-refractivity contribution < 1.29 is 88.8 Å². The van der Waals surface area contributed by atoms with Crippen molar-refractivity contribution in [1.82, 2.24) is 26.1 Å². The number of amides is 2. The molecule has 3 aromatic rings. The van der Waals surface area contributed by atoms with Gasteiger partial charge in [0.2, 0.25) is 11.8 Å². The number of carboxylic acids is 3. The van der Waals surface area contributed by atoms with Gasteiger partial charge in [-0.2, -0.15) is 39.5 Å². The van der Waals surface area contributed by atoms with E-state index >= 15 is 0 Å². The van der Waals surface area contributed by atoms with Crippen molar-refractivity contribution in [3.8, 4) is 5.88 Å². The number of carboxylic acid groups (broad SMARTS) is 3. The van der Waals surface area contributed by atoms with Crippen LogP contribution in [0.2, 0.25) is 0 Å². The number of nitrogens with zero attached hydrogens (tertiary/aromatic N) is 2. The first kappa shape index (κ1) is 46.2. The maximum atomic E-state index is 12.8. The van der Waals surface area contributed by atoms with Gasteiger partial charge in [0, 0.05) is 28.9 Å². The summed E-state index contributed by atoms with van der Waals surface area (Å²) in [5.74, 6) is -8.72. The molecule has 0 unspecified atom stereocenters. The second kappa shape index (κ2) is 19.9. The monoisotopic (exact) mass is 791 g/mol. The lowest BCUT2D eigenvalue weighted by Gasteiger charge is -2.37. The van der Waals surface area contributed by atoms with Gasteiger partial charge in [-0.25, -0.2) is 24.8 Å². The smallest absolute Gasteiger partial charge is 0.475 e. The van der Waals surface area contributed by atoms with E-state index in [0.717, 1.165) is 22.2 Å². The number of halogens is 9. The van der Waals surface area contributed by atoms with Gasteiger partial charge in [0.25, 0.3) is 5.91 Å². The summed E-state index contributed by atoms with van der Waals surface area (Å²) in [7, 11) is 0. The van der Waals surface area contributed by atoms with Gasteiger partial charge in [-0.15, -0.1) is 0 Å². The Morgan fingerprint density at radius 1 is 0.833 bits per heavy atom. The largest absolute Gasteiger partial charge is 0.490 e. The van der Waals surface area contributed by atoms with Gasteiger partial charge < -0.3 is 30.7 Å². The third-order valence-corrected chi connectivity index (χ3v) is 6.59. The summed E-state index contributed by atoms with van der Waals surface area (Å²) in [6.07, 6.45) is -12.6. The molecule has 24 heteroatoms. The third kappa shape index (κ3) is 16.3. The number of para-hydroxylation sites is 1. The number of fused-ring (bicyclic) bond motifs is 1. The average Bonchev–Trinajstić information content (AvgIpc) is 3.07. The normalized spacial score (nSPS) is 13.6. The molecule has 4 rings (SSSR count). The number of alkyl halides is 9. The van der Waals surface area contributed by atoms with Crippen molar-refractivity contribution in [2.24, 2.45) is 0 Å². The van der Waals surface area contributed by atoms with Gasteiger partial charge >= 0.3 is 36.4 Å². The van der Waals surface area contributed by atoms with E-state index in [1.54, 1.807) is 17.6 Å². The highest BCUT2D eigenvalue weighted by atomic mass is 19.4. The van der Waals surface area contributed by atoms with Crippen molar-refractivity contribution in [2.45, 2.75) is 56.9 Å². The van der Waals surface area contributed by atoms with E-state index in [9.17, 15) is 49.1 Å². The van der Waals surface area contributed by atoms with E-state index in [-0.39, 0.29) is 12.3 Å². The van der Waals surface area contributed by atoms with Crippen LogP contribution in [0.15, 0.2) is 48.7 Å². The maximum Gasteiger partial charge on any atom is 0.490 e. The summed E-state index contributed by atoms with van der Waals surface area (Å²) in [4.78, 5) is 60.1. The van der Waals surface area contributed by atoms with Crippen LogP contribution in [0, 0.1) is 6.92 Å². The lowest BCUT2D eigenvalue weighted by molar-refractivity contribution is -0.193. The van der Waals surface area contributed by atoms with Gasteiger partial charge in [-0.05, 0) is 51.1 Å². The molecule has 298 valence electrons. The number of hydrogen-bond acceptors (Lipinski definition) is 10. The highest BCUT2D eigenvalue weighted by molar-refractivity contribution is 5.95. The molecular formula is C30H30F9N5O10. The number of pyridine rings is 2. The van der Waals surface area contributed by atoms with E-state index in [1.807, 2.05) is 37.3 Å². The third-order valence-electron chi connectivity index (χ3n) is 6.59. The molecule has 1 fully saturated rings. The Morgan fingerprint density at radius 2 is 1.33 bits per heavy atom. The fourth-order valence-electron chi connectivity index (χ4n) is 4.18. The maximum absolute atomic E-state index is 12.8. The molecule has 2 aromatic heterocycles. The number of benzene rings is 1. The van der Waals surface area contributed by atoms with E-state index in [2.05, 4.69) is 20.6 Å². The van der Waals surface area contributed by atoms with E-state index < -0.39 is 47.9 Å². The van der Waals surface area contributed by atoms with Crippen molar-refractivity contribution in [1.29, 1.82) is 0 Å². The number of hydroxylamine groups is 1. The number of piperidine rings is 1. The Morgan fingerprint density at radius 3 is 1.78 bits per heavy atom. The first-order chi connectivity index (χ1) is 24.8. The SMILES string of the molecule is Cc1cc(COc2ccc(C(=O)NC3(CC(=O)NO)CCNCC3)cn2)c2ccccc2n1.O=C(O)C(F)(F)F.O=C(O)C(F)(F)F.O=C(O)C(F)(F)F. The predicted molar refractivity (Wildman–Crippen MR) is 163 cm³/mol. The molecule has 0 spiro atoms. The molecule has 1 aliphatic rings. The Kier molecular flexibility index (Phi) is 17.0. The van der Waals surface area contributed by atoms with Crippen LogP contribution in [0.5, 0.6) is 5.88 Å². The molecule has 54 heavy (non-hydrogen) atoms. The molecule has 0 radical (unpaired) electrons. The van der Waals surface area contributed by atoms with Crippen molar-refractivity contribution in [2.75, 3.05) is 13.1 Å². The highest BCUT2D eigenvalue weighted by Crippen LogP contribution is 2.24. The standard InChI is InChI=1S/C24H27N5O4.3C2HF3O2/c1-16-12-18(19-4-2-3-5-20(19)27-16)15-33-22-7-6-17(14-26-22)23(31)28-24(13-21(30)29-32)8-10-25-11-9-24;3*3-2(4,5)1(6)7/h2-7,12,14,25,32H,8-11,13,15H2,1H3,(H,28,31)(H,29,30);3*(H,6,7). The Labute approximate surface area is 297 Å². The second-order valence-electron chi connectivity index (χ2n) is 10.7. The van der Waals surface area contributed by atoms with Gasteiger partial charge in [-0.1, -0.05) is 18.2 Å². The van der Waals surface area contributed by atoms with E-state index in [1.165, 1.54) is 6.20 Å². The first-order valence-electron chi connectivity index (χ1n) is 14.6. The van der Waals surface area contributed by atoms with Crippen LogP contribution in [-0.4, -0.2) is 97.4 Å². The molecule has 7 N–H and O–H groups in total. The number of nitrogens with one attached hydrogen (secondary N) is 3. The molecule has 1 aromatic carbocycles. The summed E-state index contributed by atoms with van der Waals surface area (Å²) in [6.45, 7) is 3.62. The minimum absolute atomic E-state index is 0.00481. The van der Waals surface area contributed by atoms with Gasteiger partial charge in [-0.3, -0.25) is 19.8 Å². The van der Waals surface area contributed by atoms with E-state index in [0.29, 0.717) is 44.0 Å². The topological polar surface area (TPSA) is 237 Å². The number of hydrogen-bond donors (Lipinski definition) is 7. The number of carbonyl (C=O) groups is 5. The molecular weight excluding hydrogens is 761 g/mol. The summed E-state index contributed by atoms with van der Waals surface area (Å²) < 4.78 is 101. The number of rotatable bonds is 7. The minimum atomic E-state index is -5.08. The zero-order valence-corrected chi connectivity index (χ0v) is 27.4. The number of aliphatic carboxylic acids is 3. The summed E-state index contributed by atoms with van der Waals surface area (Å²) in [5.41, 5.74) is 4.15. The summed E-state index contributed by atoms with van der Waals surface area (Å²) >= 11 is 0. The van der Waals surface area contributed by atoms with Crippen LogP contribution >= 0.6 is 0 Å². The Balaban J connectivity index is 0.000000566. The van der Waals surface area contributed by atoms with Crippen LogP contribution in [0.3, 0.4) is 0 Å². The van der Waals surface area contributed by atoms with Crippen LogP contribution in [0.4, 0.5) is 39.5 Å². The molecule has 15 nitrogen and oxygen atoms in total. The fraction of sp³-hybridized carbons (Fsp3) is 0.367. The molecule has 1 aliphatic heterocycles. The van der Waals surface area contributed by atoms with Gasteiger partial charge in [0.1, 0.15) is 6.61 Å². The lowest BCUT2D eigenvalue weighted by atomic mass is 9.84. The number of carbonyl (C=O) groups excluding carboxylic acids is 2. The molecule has 1 saturated heterocycles. The highest BCUT2D eigenvalue weighted by Gasteiger charge is 2.40. The van der Waals surface area contributed by atoms with Gasteiger partial charge in [0.05, 0.1) is 23.0 Å². The predicted octanol–water partition coefficient (Wildman–Crippen LogP) is 4.16. The quantitative estimate of drug-likeness (QED) is 0.101. The van der Waals surface area contributed by atoms with Crippen LogP contribution in [0.25, 0.3) is 10.9 Å². The van der Waals surface area contributed by atoms with Crippen molar-refractivity contribution in [3.63, 3.8) is 0 Å². The Hall–Kier alpha value is -5.78. The molecule has 0 bridgehead atoms. The van der Waals surface area contributed by atoms with Crippen LogP contribution in [-0.2, 0) is 25.8 Å². The first-order valence-corrected chi connectivity index (χ1v) is 14.6. The minimum Gasteiger partial charge on any atom is -0.475 e. The molecule has 0 atom stereocenters. The molecule has 0 saturated carbocycles. The molecule has 0 aliphatic carbocycles. The zero-order chi connectivity index (χ0) is 41.5. The number of aromatic nitrogens is 2. The second-order valence-corrected chi connectivity index (χ2v) is 10.7. The average molecular weight is 792 g/mol. The summed E-state index contributed by atoms with van der Waals surface area (Å²) in [5, 5.41) is 37.5. The van der Waals surface area contributed by atoms with Crippen LogP contribution < -0.4 is 20.9 Å².